The van der Waals surface area contributed by atoms with E-state index in [0.29, 0.717) is 12.2 Å². The number of nitrogens with zero attached hydrogens (tertiary/aromatic N) is 5. The van der Waals surface area contributed by atoms with Gasteiger partial charge in [0, 0.05) is 44.2 Å². The molecule has 1 aliphatic heterocycles. The van der Waals surface area contributed by atoms with Crippen molar-refractivity contribution in [2.24, 2.45) is 0 Å². The number of pyridine rings is 1. The maximum atomic E-state index is 12.5. The quantitative estimate of drug-likeness (QED) is 0.511. The topological polar surface area (TPSA) is 106 Å². The molecule has 9 heteroatoms. The van der Waals surface area contributed by atoms with Crippen molar-refractivity contribution in [2.75, 3.05) is 18.0 Å². The van der Waals surface area contributed by atoms with Crippen LogP contribution >= 0.6 is 0 Å². The van der Waals surface area contributed by atoms with E-state index in [1.807, 2.05) is 12.1 Å². The number of nitrogens with one attached hydrogen (secondary N) is 1. The fourth-order valence-corrected chi connectivity index (χ4v) is 3.30. The molecule has 0 unspecified atom stereocenters. The molecule has 1 fully saturated rings. The van der Waals surface area contributed by atoms with E-state index < -0.39 is 4.92 Å². The van der Waals surface area contributed by atoms with Crippen molar-refractivity contribution in [3.05, 3.63) is 76.2 Å². The van der Waals surface area contributed by atoms with E-state index in [-0.39, 0.29) is 17.3 Å². The number of carbonyl (C=O) groups excluding carboxylic acids is 1. The molecule has 9 nitrogen and oxygen atoms in total. The molecule has 0 spiro atoms. The Labute approximate surface area is 167 Å². The zero-order valence-corrected chi connectivity index (χ0v) is 15.7. The third kappa shape index (κ3) is 4.23. The molecule has 1 amide bonds. The fraction of sp³-hybridized carbons (Fsp3) is 0.250. The Morgan fingerprint density at radius 2 is 2.00 bits per heavy atom. The molecular weight excluding hydrogens is 372 g/mol. The second kappa shape index (κ2) is 8.09. The predicted molar refractivity (Wildman–Crippen MR) is 107 cm³/mol. The highest BCUT2D eigenvalue weighted by Gasteiger charge is 2.15. The first-order valence-corrected chi connectivity index (χ1v) is 9.39. The highest BCUT2D eigenvalue weighted by Crippen LogP contribution is 2.19. The lowest BCUT2D eigenvalue weighted by atomic mass is 10.2. The maximum absolute atomic E-state index is 12.5. The second-order valence-corrected chi connectivity index (χ2v) is 6.82. The molecule has 3 heterocycles. The van der Waals surface area contributed by atoms with E-state index in [9.17, 15) is 14.9 Å². The van der Waals surface area contributed by atoms with Gasteiger partial charge in [-0.1, -0.05) is 6.07 Å². The van der Waals surface area contributed by atoms with Gasteiger partial charge in [-0.3, -0.25) is 14.9 Å². The normalized spacial score (nSPS) is 13.4. The maximum Gasteiger partial charge on any atom is 0.272 e. The Balaban J connectivity index is 1.41. The largest absolute Gasteiger partial charge is 0.357 e. The Hall–Kier alpha value is -3.75. The van der Waals surface area contributed by atoms with Gasteiger partial charge >= 0.3 is 0 Å². The lowest BCUT2D eigenvalue weighted by molar-refractivity contribution is -0.384. The molecule has 0 atom stereocenters. The molecule has 1 aromatic carbocycles. The molecule has 148 valence electrons. The van der Waals surface area contributed by atoms with Gasteiger partial charge in [0.25, 0.3) is 11.6 Å². The monoisotopic (exact) mass is 392 g/mol. The molecule has 4 rings (SSSR count). The highest BCUT2D eigenvalue weighted by atomic mass is 16.6. The summed E-state index contributed by atoms with van der Waals surface area (Å²) in [6.45, 7) is 2.39. The van der Waals surface area contributed by atoms with Crippen LogP contribution in [-0.4, -0.2) is 38.7 Å². The van der Waals surface area contributed by atoms with Crippen LogP contribution in [0.5, 0.6) is 0 Å². The third-order valence-corrected chi connectivity index (χ3v) is 4.82. The molecule has 1 saturated heterocycles. The van der Waals surface area contributed by atoms with Crippen molar-refractivity contribution in [1.82, 2.24) is 20.1 Å². The summed E-state index contributed by atoms with van der Waals surface area (Å²) >= 11 is 0. The van der Waals surface area contributed by atoms with Crippen LogP contribution in [0.25, 0.3) is 5.69 Å². The SMILES string of the molecule is O=C(NCc1ccnc(N2CCCC2)c1)c1ccn(-c2cccc([N+](=O)[O-])c2)n1. The summed E-state index contributed by atoms with van der Waals surface area (Å²) in [5.41, 5.74) is 1.69. The molecule has 1 aliphatic rings. The minimum atomic E-state index is -0.467. The molecule has 29 heavy (non-hydrogen) atoms. The minimum Gasteiger partial charge on any atom is -0.357 e. The number of hydrogen-bond acceptors (Lipinski definition) is 6. The van der Waals surface area contributed by atoms with E-state index in [4.69, 9.17) is 0 Å². The van der Waals surface area contributed by atoms with Gasteiger partial charge in [-0.25, -0.2) is 9.67 Å². The Kier molecular flexibility index (Phi) is 5.19. The van der Waals surface area contributed by atoms with E-state index in [0.717, 1.165) is 24.5 Å². The number of anilines is 1. The van der Waals surface area contributed by atoms with Gasteiger partial charge in [0.05, 0.1) is 10.6 Å². The molecule has 0 saturated carbocycles. The molecule has 0 bridgehead atoms. The average Bonchev–Trinajstić information content (AvgIpc) is 3.44. The fourth-order valence-electron chi connectivity index (χ4n) is 3.30. The van der Waals surface area contributed by atoms with Crippen molar-refractivity contribution in [1.29, 1.82) is 0 Å². The number of hydrogen-bond donors (Lipinski definition) is 1. The van der Waals surface area contributed by atoms with Gasteiger partial charge in [-0.2, -0.15) is 5.10 Å². The van der Waals surface area contributed by atoms with Crippen LogP contribution in [-0.2, 0) is 6.54 Å². The second-order valence-electron chi connectivity index (χ2n) is 6.82. The summed E-state index contributed by atoms with van der Waals surface area (Å²) in [5.74, 6) is 0.623. The van der Waals surface area contributed by atoms with Crippen molar-refractivity contribution in [3.8, 4) is 5.69 Å². The van der Waals surface area contributed by atoms with Gasteiger partial charge in [0.15, 0.2) is 5.69 Å². The average molecular weight is 392 g/mol. The summed E-state index contributed by atoms with van der Waals surface area (Å²) in [5, 5.41) is 18.0. The lowest BCUT2D eigenvalue weighted by Gasteiger charge is -2.16. The van der Waals surface area contributed by atoms with Gasteiger partial charge in [0.2, 0.25) is 0 Å². The van der Waals surface area contributed by atoms with E-state index in [2.05, 4.69) is 20.3 Å². The summed E-state index contributed by atoms with van der Waals surface area (Å²) in [4.78, 5) is 29.6. The van der Waals surface area contributed by atoms with Crippen LogP contribution in [0.3, 0.4) is 0 Å². The standard InChI is InChI=1S/C20H20N6O3/c27-20(22-14-15-6-8-21-19(12-15)24-9-1-2-10-24)18-7-11-25(23-18)16-4-3-5-17(13-16)26(28)29/h3-8,11-13H,1-2,9-10,14H2,(H,22,27). The van der Waals surface area contributed by atoms with Crippen LogP contribution in [0.4, 0.5) is 11.5 Å². The first-order chi connectivity index (χ1) is 14.1. The zero-order valence-electron chi connectivity index (χ0n) is 15.7. The minimum absolute atomic E-state index is 0.0319. The molecule has 1 N–H and O–H groups in total. The van der Waals surface area contributed by atoms with Crippen molar-refractivity contribution < 1.29 is 9.72 Å². The number of nitro groups is 1. The summed E-state index contributed by atoms with van der Waals surface area (Å²) in [7, 11) is 0. The summed E-state index contributed by atoms with van der Waals surface area (Å²) in [6, 6.07) is 11.5. The van der Waals surface area contributed by atoms with Gasteiger partial charge in [-0.15, -0.1) is 0 Å². The van der Waals surface area contributed by atoms with Gasteiger partial charge in [-0.05, 0) is 42.7 Å². The number of benzene rings is 1. The lowest BCUT2D eigenvalue weighted by Crippen LogP contribution is -2.24. The summed E-state index contributed by atoms with van der Waals surface area (Å²) < 4.78 is 1.44. The number of nitro benzene ring substituents is 1. The number of rotatable bonds is 6. The predicted octanol–water partition coefficient (Wildman–Crippen LogP) is 2.71. The van der Waals surface area contributed by atoms with Crippen LogP contribution < -0.4 is 10.2 Å². The van der Waals surface area contributed by atoms with Gasteiger partial charge in [0.1, 0.15) is 5.82 Å². The first-order valence-electron chi connectivity index (χ1n) is 9.39. The highest BCUT2D eigenvalue weighted by molar-refractivity contribution is 5.92. The molecule has 2 aromatic heterocycles. The molecular formula is C20H20N6O3. The molecule has 3 aromatic rings. The van der Waals surface area contributed by atoms with Crippen LogP contribution in [0.2, 0.25) is 0 Å². The van der Waals surface area contributed by atoms with E-state index >= 15 is 0 Å². The third-order valence-electron chi connectivity index (χ3n) is 4.82. The Morgan fingerprint density at radius 1 is 1.17 bits per heavy atom. The smallest absolute Gasteiger partial charge is 0.272 e. The summed E-state index contributed by atoms with van der Waals surface area (Å²) in [6.07, 6.45) is 5.71. The number of non-ortho nitro benzene ring substituents is 1. The zero-order chi connectivity index (χ0) is 20.2. The Bertz CT molecular complexity index is 1040. The Morgan fingerprint density at radius 3 is 2.79 bits per heavy atom. The number of aromatic nitrogens is 3. The number of amides is 1. The molecule has 0 aliphatic carbocycles. The van der Waals surface area contributed by atoms with Crippen LogP contribution in [0.15, 0.2) is 54.9 Å². The first kappa shape index (κ1) is 18.6. The van der Waals surface area contributed by atoms with E-state index in [1.165, 1.54) is 29.7 Å². The number of carbonyl (C=O) groups is 1. The van der Waals surface area contributed by atoms with Crippen molar-refractivity contribution in [3.63, 3.8) is 0 Å². The van der Waals surface area contributed by atoms with Gasteiger partial charge < -0.3 is 10.2 Å². The van der Waals surface area contributed by atoms with Crippen molar-refractivity contribution in [2.45, 2.75) is 19.4 Å². The molecule has 0 radical (unpaired) electrons. The van der Waals surface area contributed by atoms with Crippen LogP contribution in [0.1, 0.15) is 28.9 Å². The van der Waals surface area contributed by atoms with Crippen molar-refractivity contribution >= 4 is 17.4 Å². The van der Waals surface area contributed by atoms with Crippen LogP contribution in [0, 0.1) is 10.1 Å². The van der Waals surface area contributed by atoms with E-state index in [1.54, 1.807) is 30.6 Å².